The van der Waals surface area contributed by atoms with Crippen molar-refractivity contribution in [3.63, 3.8) is 0 Å². The number of carboxylic acid groups (broad SMARTS) is 6. The molecule has 0 aromatic heterocycles. The molecule has 196 valence electrons. The number of benzene rings is 2. The van der Waals surface area contributed by atoms with Gasteiger partial charge in [-0.3, -0.25) is 0 Å². The molecule has 0 heterocycles. The second-order valence-electron chi connectivity index (χ2n) is 7.87. The predicted molar refractivity (Wildman–Crippen MR) is 121 cm³/mol. The van der Waals surface area contributed by atoms with E-state index in [4.69, 9.17) is 0 Å². The molecule has 0 bridgehead atoms. The van der Waals surface area contributed by atoms with E-state index in [9.17, 15) is 69.6 Å². The molecule has 1 aliphatic carbocycles. The minimum atomic E-state index is -3.96. The number of aliphatic hydroxyl groups is 2. The third-order valence-electron chi connectivity index (χ3n) is 5.96. The molecule has 3 rings (SSSR count). The van der Waals surface area contributed by atoms with Gasteiger partial charge in [-0.2, -0.15) is 0 Å². The molecule has 0 fully saturated rings. The Morgan fingerprint density at radius 3 is 1.53 bits per heavy atom. The number of rotatable bonds is 8. The summed E-state index contributed by atoms with van der Waals surface area (Å²) in [5, 5.41) is 81.6. The summed E-state index contributed by atoms with van der Waals surface area (Å²) in [5.74, 6) is -12.1. The molecule has 8 N–H and O–H groups in total. The van der Waals surface area contributed by atoms with Crippen LogP contribution in [-0.4, -0.2) is 82.3 Å². The second-order valence-corrected chi connectivity index (χ2v) is 7.87. The number of hydrogen-bond donors (Lipinski definition) is 8. The van der Waals surface area contributed by atoms with Crippen molar-refractivity contribution >= 4 is 41.4 Å². The van der Waals surface area contributed by atoms with Gasteiger partial charge in [0.25, 0.3) is 0 Å². The highest BCUT2D eigenvalue weighted by atomic mass is 16.4. The molecular formula is C24H16O14. The summed E-state index contributed by atoms with van der Waals surface area (Å²) >= 11 is 0. The third-order valence-corrected chi connectivity index (χ3v) is 5.96. The molecule has 38 heavy (non-hydrogen) atoms. The lowest BCUT2D eigenvalue weighted by molar-refractivity contribution is -0.178. The fraction of sp³-hybridized carbons (Fsp3) is 0.0833. The van der Waals surface area contributed by atoms with Crippen LogP contribution in [0.4, 0.5) is 0 Å². The number of aliphatic carboxylic acids is 2. The van der Waals surface area contributed by atoms with Crippen LogP contribution in [0.15, 0.2) is 54.1 Å². The summed E-state index contributed by atoms with van der Waals surface area (Å²) < 4.78 is 0. The van der Waals surface area contributed by atoms with Crippen molar-refractivity contribution in [3.8, 4) is 0 Å². The molecule has 0 saturated carbocycles. The van der Waals surface area contributed by atoms with Crippen molar-refractivity contribution in [2.75, 3.05) is 0 Å². The van der Waals surface area contributed by atoms with Gasteiger partial charge in [0.05, 0.1) is 27.8 Å². The molecule has 1 aliphatic rings. The number of carbonyl (C=O) groups is 6. The fourth-order valence-corrected chi connectivity index (χ4v) is 4.37. The minimum Gasteiger partial charge on any atom is -0.479 e. The molecule has 0 spiro atoms. The monoisotopic (exact) mass is 528 g/mol. The maximum atomic E-state index is 12.4. The smallest absolute Gasteiger partial charge is 0.344 e. The highest BCUT2D eigenvalue weighted by molar-refractivity contribution is 6.10. The Hall–Kier alpha value is -5.34. The first-order valence-electron chi connectivity index (χ1n) is 10.2. The summed E-state index contributed by atoms with van der Waals surface area (Å²) in [5.41, 5.74) is -16.0. The fourth-order valence-electron chi connectivity index (χ4n) is 4.37. The van der Waals surface area contributed by atoms with E-state index in [1.54, 1.807) is 0 Å². The van der Waals surface area contributed by atoms with Crippen LogP contribution in [0.25, 0.3) is 5.57 Å². The summed E-state index contributed by atoms with van der Waals surface area (Å²) in [4.78, 5) is 72.1. The maximum Gasteiger partial charge on any atom is 0.344 e. The van der Waals surface area contributed by atoms with Crippen LogP contribution in [0.5, 0.6) is 0 Å². The van der Waals surface area contributed by atoms with Gasteiger partial charge >= 0.3 is 35.8 Å². The van der Waals surface area contributed by atoms with Gasteiger partial charge in [-0.15, -0.1) is 0 Å². The average molecular weight is 528 g/mol. The normalized spacial score (nSPS) is 20.6. The number of aromatic carboxylic acids is 4. The minimum absolute atomic E-state index is 0.501. The van der Waals surface area contributed by atoms with Gasteiger partial charge in [0.15, 0.2) is 5.60 Å². The highest BCUT2D eigenvalue weighted by Gasteiger charge is 2.65. The van der Waals surface area contributed by atoms with Crippen LogP contribution in [0.3, 0.4) is 0 Å². The molecule has 2 atom stereocenters. The molecule has 0 saturated heterocycles. The molecule has 14 heteroatoms. The molecule has 0 amide bonds. The Morgan fingerprint density at radius 1 is 0.579 bits per heavy atom. The first-order valence-corrected chi connectivity index (χ1v) is 10.2. The van der Waals surface area contributed by atoms with E-state index in [2.05, 4.69) is 0 Å². The zero-order chi connectivity index (χ0) is 28.7. The van der Waals surface area contributed by atoms with Crippen LogP contribution >= 0.6 is 0 Å². The van der Waals surface area contributed by atoms with E-state index in [0.717, 1.165) is 30.3 Å². The van der Waals surface area contributed by atoms with Gasteiger partial charge in [0.1, 0.15) is 0 Å². The Morgan fingerprint density at radius 2 is 1.08 bits per heavy atom. The van der Waals surface area contributed by atoms with E-state index in [1.807, 2.05) is 0 Å². The molecule has 2 aromatic rings. The van der Waals surface area contributed by atoms with Crippen molar-refractivity contribution in [1.82, 2.24) is 0 Å². The Kier molecular flexibility index (Phi) is 6.65. The van der Waals surface area contributed by atoms with Gasteiger partial charge in [-0.05, 0) is 23.8 Å². The molecule has 14 nitrogen and oxygen atoms in total. The SMILES string of the molecule is O=C(O)C1=CC=C(c2cccc(C(=O)O)c2C(=O)O)C(O)(c2cccc(C(=O)O)c2C(=O)O)C1(O)C(=O)O. The van der Waals surface area contributed by atoms with E-state index in [-0.39, 0.29) is 0 Å². The maximum absolute atomic E-state index is 12.4. The summed E-state index contributed by atoms with van der Waals surface area (Å²) in [7, 11) is 0. The van der Waals surface area contributed by atoms with Crippen LogP contribution in [0.1, 0.15) is 52.6 Å². The van der Waals surface area contributed by atoms with Crippen molar-refractivity contribution in [2.24, 2.45) is 0 Å². The highest BCUT2D eigenvalue weighted by Crippen LogP contribution is 2.52. The van der Waals surface area contributed by atoms with Gasteiger partial charge < -0.3 is 40.9 Å². The van der Waals surface area contributed by atoms with Crippen LogP contribution < -0.4 is 0 Å². The summed E-state index contributed by atoms with van der Waals surface area (Å²) in [6.45, 7) is 0. The van der Waals surface area contributed by atoms with Gasteiger partial charge in [0, 0.05) is 11.1 Å². The lowest BCUT2D eigenvalue weighted by Gasteiger charge is -2.45. The topological polar surface area (TPSA) is 264 Å². The van der Waals surface area contributed by atoms with Gasteiger partial charge in [0.2, 0.25) is 5.60 Å². The summed E-state index contributed by atoms with van der Waals surface area (Å²) in [6, 6.07) is 5.09. The van der Waals surface area contributed by atoms with E-state index < -0.39 is 91.5 Å². The molecule has 0 aliphatic heterocycles. The number of allylic oxidation sites excluding steroid dienone is 2. The van der Waals surface area contributed by atoms with Crippen molar-refractivity contribution in [1.29, 1.82) is 0 Å². The van der Waals surface area contributed by atoms with Crippen LogP contribution in [-0.2, 0) is 15.2 Å². The van der Waals surface area contributed by atoms with Crippen LogP contribution in [0, 0.1) is 0 Å². The average Bonchev–Trinajstić information content (AvgIpc) is 2.83. The Labute approximate surface area is 210 Å². The van der Waals surface area contributed by atoms with Gasteiger partial charge in [-0.1, -0.05) is 30.3 Å². The molecular weight excluding hydrogens is 512 g/mol. The lowest BCUT2D eigenvalue weighted by Crippen LogP contribution is -2.62. The Bertz CT molecular complexity index is 1510. The zero-order valence-corrected chi connectivity index (χ0v) is 18.6. The second kappa shape index (κ2) is 9.27. The first kappa shape index (κ1) is 27.3. The quantitative estimate of drug-likeness (QED) is 0.233. The largest absolute Gasteiger partial charge is 0.479 e. The van der Waals surface area contributed by atoms with Crippen molar-refractivity contribution in [3.05, 3.63) is 87.5 Å². The lowest BCUT2D eigenvalue weighted by atomic mass is 9.63. The Balaban J connectivity index is 2.66. The number of hydrogen-bond acceptors (Lipinski definition) is 8. The van der Waals surface area contributed by atoms with E-state index >= 15 is 0 Å². The summed E-state index contributed by atoms with van der Waals surface area (Å²) in [6.07, 6.45) is 1.16. The standard InChI is InChI=1S/C24H16O14/c25-17(26)10-4-1-3-9(15(10)20(31)32)12-7-8-14(19(29)30)24(38,22(35)36)23(12,37)13-6-2-5-11(18(27)28)16(13)21(33)34/h1-8,37-38H,(H,25,26)(H,27,28)(H,29,30)(H,31,32)(H,33,34)(H,35,36). The molecule has 2 aromatic carbocycles. The number of carboxylic acids is 6. The predicted octanol–water partition coefficient (Wildman–Crippen LogP) is 0.591. The van der Waals surface area contributed by atoms with Crippen LogP contribution in [0.2, 0.25) is 0 Å². The van der Waals surface area contributed by atoms with E-state index in [0.29, 0.717) is 18.2 Å². The van der Waals surface area contributed by atoms with E-state index in [1.165, 1.54) is 0 Å². The van der Waals surface area contributed by atoms with Gasteiger partial charge in [-0.25, -0.2) is 28.8 Å². The molecule has 0 radical (unpaired) electrons. The third kappa shape index (κ3) is 3.76. The van der Waals surface area contributed by atoms with Crippen molar-refractivity contribution in [2.45, 2.75) is 11.2 Å². The zero-order valence-electron chi connectivity index (χ0n) is 18.6. The molecule has 2 unspecified atom stereocenters. The van der Waals surface area contributed by atoms with Crippen molar-refractivity contribution < 1.29 is 69.6 Å². The first-order chi connectivity index (χ1) is 17.6.